The Morgan fingerprint density at radius 3 is 2.76 bits per heavy atom. The van der Waals surface area contributed by atoms with Crippen molar-refractivity contribution < 1.29 is 0 Å². The van der Waals surface area contributed by atoms with Gasteiger partial charge in [0.05, 0.1) is 0 Å². The first-order valence-corrected chi connectivity index (χ1v) is 7.19. The molecular formula is C13H20N8. The lowest BCUT2D eigenvalue weighted by Gasteiger charge is -2.16. The average molecular weight is 288 g/mol. The Morgan fingerprint density at radius 2 is 2.05 bits per heavy atom. The smallest absolute Gasteiger partial charge is 0.231 e. The monoisotopic (exact) mass is 288 g/mol. The van der Waals surface area contributed by atoms with Crippen molar-refractivity contribution in [1.82, 2.24) is 24.7 Å². The van der Waals surface area contributed by atoms with Crippen LogP contribution in [0.2, 0.25) is 0 Å². The van der Waals surface area contributed by atoms with Crippen LogP contribution in [0.1, 0.15) is 18.5 Å². The predicted molar refractivity (Wildman–Crippen MR) is 81.1 cm³/mol. The molecule has 0 unspecified atom stereocenters. The van der Waals surface area contributed by atoms with Gasteiger partial charge in [-0.25, -0.2) is 0 Å². The summed E-state index contributed by atoms with van der Waals surface area (Å²) >= 11 is 0. The molecule has 0 saturated carbocycles. The van der Waals surface area contributed by atoms with Crippen LogP contribution in [0.4, 0.5) is 17.8 Å². The van der Waals surface area contributed by atoms with Crippen molar-refractivity contribution in [3.05, 3.63) is 18.0 Å². The summed E-state index contributed by atoms with van der Waals surface area (Å²) in [5.41, 5.74) is 6.93. The lowest BCUT2D eigenvalue weighted by molar-refractivity contribution is 0.710. The Labute approximate surface area is 123 Å². The zero-order valence-corrected chi connectivity index (χ0v) is 12.2. The first kappa shape index (κ1) is 13.6. The third-order valence-electron chi connectivity index (χ3n) is 3.62. The molecule has 2 aromatic heterocycles. The van der Waals surface area contributed by atoms with Crippen LogP contribution in [0.3, 0.4) is 0 Å². The normalized spacial score (nSPS) is 14.6. The molecule has 8 nitrogen and oxygen atoms in total. The highest BCUT2D eigenvalue weighted by atomic mass is 15.3. The molecule has 112 valence electrons. The van der Waals surface area contributed by atoms with Crippen molar-refractivity contribution in [1.29, 1.82) is 0 Å². The quantitative estimate of drug-likeness (QED) is 0.824. The van der Waals surface area contributed by atoms with Gasteiger partial charge in [-0.3, -0.25) is 4.68 Å². The van der Waals surface area contributed by atoms with Gasteiger partial charge in [0.25, 0.3) is 0 Å². The summed E-state index contributed by atoms with van der Waals surface area (Å²) in [5.74, 6) is 1.46. The Bertz CT molecular complexity index is 602. The number of aromatic nitrogens is 5. The first-order chi connectivity index (χ1) is 10.2. The molecule has 0 spiro atoms. The maximum absolute atomic E-state index is 5.77. The van der Waals surface area contributed by atoms with Crippen LogP contribution in [-0.2, 0) is 13.5 Å². The highest BCUT2D eigenvalue weighted by Crippen LogP contribution is 2.17. The van der Waals surface area contributed by atoms with Crippen molar-refractivity contribution in [3.63, 3.8) is 0 Å². The van der Waals surface area contributed by atoms with E-state index < -0.39 is 0 Å². The maximum atomic E-state index is 5.77. The summed E-state index contributed by atoms with van der Waals surface area (Å²) in [7, 11) is 1.93. The molecule has 1 aliphatic heterocycles. The van der Waals surface area contributed by atoms with Gasteiger partial charge < -0.3 is 16.0 Å². The highest BCUT2D eigenvalue weighted by Gasteiger charge is 2.16. The summed E-state index contributed by atoms with van der Waals surface area (Å²) in [5, 5.41) is 7.35. The third-order valence-corrected chi connectivity index (χ3v) is 3.62. The van der Waals surface area contributed by atoms with Gasteiger partial charge >= 0.3 is 0 Å². The highest BCUT2D eigenvalue weighted by molar-refractivity contribution is 5.42. The molecule has 3 rings (SSSR count). The fraction of sp³-hybridized carbons (Fsp3) is 0.538. The molecule has 1 aliphatic rings. The van der Waals surface area contributed by atoms with E-state index in [0.717, 1.165) is 31.7 Å². The Kier molecular flexibility index (Phi) is 3.85. The Hall–Kier alpha value is -2.38. The molecule has 3 heterocycles. The van der Waals surface area contributed by atoms with E-state index in [1.807, 2.05) is 17.8 Å². The lowest BCUT2D eigenvalue weighted by Crippen LogP contribution is -2.22. The average Bonchev–Trinajstić information content (AvgIpc) is 3.10. The molecule has 0 amide bonds. The van der Waals surface area contributed by atoms with Crippen molar-refractivity contribution >= 4 is 17.8 Å². The Balaban J connectivity index is 1.63. The van der Waals surface area contributed by atoms with E-state index in [1.165, 1.54) is 12.8 Å². The van der Waals surface area contributed by atoms with Crippen molar-refractivity contribution in [3.8, 4) is 0 Å². The van der Waals surface area contributed by atoms with Crippen LogP contribution in [-0.4, -0.2) is 44.4 Å². The van der Waals surface area contributed by atoms with E-state index >= 15 is 0 Å². The minimum absolute atomic E-state index is 0.259. The van der Waals surface area contributed by atoms with Gasteiger partial charge in [-0.15, -0.1) is 0 Å². The third kappa shape index (κ3) is 3.21. The topological polar surface area (TPSA) is 97.8 Å². The number of nitrogens with one attached hydrogen (secondary N) is 1. The molecule has 2 aromatic rings. The number of anilines is 3. The molecule has 0 aromatic carbocycles. The number of nitrogen functional groups attached to an aromatic ring is 1. The minimum Gasteiger partial charge on any atom is -0.368 e. The van der Waals surface area contributed by atoms with E-state index in [0.29, 0.717) is 11.9 Å². The lowest BCUT2D eigenvalue weighted by atomic mass is 10.3. The van der Waals surface area contributed by atoms with Crippen LogP contribution in [0.5, 0.6) is 0 Å². The van der Waals surface area contributed by atoms with Gasteiger partial charge in [0.2, 0.25) is 17.8 Å². The van der Waals surface area contributed by atoms with Gasteiger partial charge in [-0.05, 0) is 18.9 Å². The van der Waals surface area contributed by atoms with E-state index in [2.05, 4.69) is 30.3 Å². The maximum Gasteiger partial charge on any atom is 0.231 e. The molecule has 0 atom stereocenters. The molecule has 0 aliphatic carbocycles. The number of nitrogens with zero attached hydrogens (tertiary/aromatic N) is 6. The van der Waals surface area contributed by atoms with Crippen molar-refractivity contribution in [2.45, 2.75) is 19.3 Å². The first-order valence-electron chi connectivity index (χ1n) is 7.19. The fourth-order valence-electron chi connectivity index (χ4n) is 2.47. The van der Waals surface area contributed by atoms with Crippen LogP contribution in [0, 0.1) is 0 Å². The van der Waals surface area contributed by atoms with Crippen LogP contribution >= 0.6 is 0 Å². The predicted octanol–water partition coefficient (Wildman–Crippen LogP) is 0.442. The van der Waals surface area contributed by atoms with Crippen molar-refractivity contribution in [2.24, 2.45) is 7.05 Å². The summed E-state index contributed by atoms with van der Waals surface area (Å²) in [4.78, 5) is 14.9. The molecule has 1 fully saturated rings. The number of rotatable bonds is 5. The summed E-state index contributed by atoms with van der Waals surface area (Å²) in [6, 6.07) is 2.00. The van der Waals surface area contributed by atoms with E-state index in [1.54, 1.807) is 6.20 Å². The second kappa shape index (κ2) is 5.94. The fourth-order valence-corrected chi connectivity index (χ4v) is 2.47. The second-order valence-corrected chi connectivity index (χ2v) is 5.13. The summed E-state index contributed by atoms with van der Waals surface area (Å²) in [6.45, 7) is 2.69. The zero-order chi connectivity index (χ0) is 14.7. The SMILES string of the molecule is Cn1nccc1CCNc1nc(N)nc(N2CCCC2)n1. The van der Waals surface area contributed by atoms with E-state index in [9.17, 15) is 0 Å². The van der Waals surface area contributed by atoms with Gasteiger partial charge in [0.1, 0.15) is 0 Å². The number of aryl methyl sites for hydroxylation is 1. The molecule has 3 N–H and O–H groups in total. The van der Waals surface area contributed by atoms with Gasteiger partial charge in [-0.1, -0.05) is 0 Å². The number of nitrogens with two attached hydrogens (primary N) is 1. The van der Waals surface area contributed by atoms with E-state index in [-0.39, 0.29) is 5.95 Å². The number of hydrogen-bond donors (Lipinski definition) is 2. The molecule has 0 bridgehead atoms. The van der Waals surface area contributed by atoms with E-state index in [4.69, 9.17) is 5.73 Å². The molecule has 1 saturated heterocycles. The minimum atomic E-state index is 0.259. The zero-order valence-electron chi connectivity index (χ0n) is 12.2. The number of hydrogen-bond acceptors (Lipinski definition) is 7. The van der Waals surface area contributed by atoms with Gasteiger partial charge in [0.15, 0.2) is 0 Å². The standard InChI is InChI=1S/C13H20N8/c1-20-10(5-7-16-20)4-6-15-12-17-11(14)18-13(19-12)21-8-2-3-9-21/h5,7H,2-4,6,8-9H2,1H3,(H3,14,15,17,18,19). The molecule has 0 radical (unpaired) electrons. The van der Waals surface area contributed by atoms with Gasteiger partial charge in [0, 0.05) is 45.0 Å². The van der Waals surface area contributed by atoms with Gasteiger partial charge in [-0.2, -0.15) is 20.1 Å². The Morgan fingerprint density at radius 1 is 1.24 bits per heavy atom. The largest absolute Gasteiger partial charge is 0.368 e. The molecule has 8 heteroatoms. The van der Waals surface area contributed by atoms with Crippen LogP contribution in [0.25, 0.3) is 0 Å². The van der Waals surface area contributed by atoms with Crippen LogP contribution in [0.15, 0.2) is 12.3 Å². The molecule has 21 heavy (non-hydrogen) atoms. The summed E-state index contributed by atoms with van der Waals surface area (Å²) < 4.78 is 1.86. The van der Waals surface area contributed by atoms with Crippen molar-refractivity contribution in [2.75, 3.05) is 35.6 Å². The second-order valence-electron chi connectivity index (χ2n) is 5.13. The van der Waals surface area contributed by atoms with Crippen LogP contribution < -0.4 is 16.0 Å². The molecular weight excluding hydrogens is 268 g/mol. The summed E-state index contributed by atoms with van der Waals surface area (Å²) in [6.07, 6.45) is 4.99.